The van der Waals surface area contributed by atoms with Crippen LogP contribution in [0.5, 0.6) is 0 Å². The largest absolute Gasteiger partial charge is 0.437 e. The van der Waals surface area contributed by atoms with E-state index in [2.05, 4.69) is 15.3 Å². The number of nitrogens with one attached hydrogen (secondary N) is 1. The van der Waals surface area contributed by atoms with Crippen LogP contribution in [0, 0.1) is 10.1 Å². The van der Waals surface area contributed by atoms with Gasteiger partial charge in [0.15, 0.2) is 5.84 Å². The van der Waals surface area contributed by atoms with Crippen LogP contribution in [0.15, 0.2) is 40.9 Å². The maximum Gasteiger partial charge on any atom is 0.437 e. The molecular formula is C13H9F3N4O4S. The van der Waals surface area contributed by atoms with Crippen LogP contribution in [0.4, 0.5) is 28.7 Å². The van der Waals surface area contributed by atoms with Crippen LogP contribution in [0.1, 0.15) is 11.1 Å². The summed E-state index contributed by atoms with van der Waals surface area (Å²) in [6, 6.07) is 4.81. The number of oxime groups is 1. The second-order valence-corrected chi connectivity index (χ2v) is 5.38. The van der Waals surface area contributed by atoms with Gasteiger partial charge in [0, 0.05) is 22.7 Å². The van der Waals surface area contributed by atoms with Crippen molar-refractivity contribution >= 4 is 34.0 Å². The number of alkyl halides is 3. The number of carbonyl (C=O) groups is 1. The summed E-state index contributed by atoms with van der Waals surface area (Å²) in [5.74, 6) is -0.271. The number of halogens is 3. The average Bonchev–Trinajstić information content (AvgIpc) is 3.02. The van der Waals surface area contributed by atoms with Gasteiger partial charge in [-0.1, -0.05) is 16.5 Å². The highest BCUT2D eigenvalue weighted by Gasteiger charge is 2.30. The normalized spacial score (nSPS) is 11.9. The van der Waals surface area contributed by atoms with E-state index in [4.69, 9.17) is 5.73 Å². The zero-order valence-electron chi connectivity index (χ0n) is 12.1. The number of carbonyl (C=O) groups excluding carboxylic acids is 1. The van der Waals surface area contributed by atoms with Gasteiger partial charge in [0.2, 0.25) is 0 Å². The molecule has 132 valence electrons. The molecule has 0 spiro atoms. The summed E-state index contributed by atoms with van der Waals surface area (Å²) in [4.78, 5) is 25.9. The highest BCUT2D eigenvalue weighted by atomic mass is 32.1. The Morgan fingerprint density at radius 3 is 2.48 bits per heavy atom. The lowest BCUT2D eigenvalue weighted by Gasteiger charge is -2.07. The van der Waals surface area contributed by atoms with Crippen molar-refractivity contribution in [3.8, 4) is 0 Å². The van der Waals surface area contributed by atoms with Gasteiger partial charge in [-0.3, -0.25) is 20.3 Å². The molecule has 2 aromatic rings. The Labute approximate surface area is 141 Å². The molecule has 2 rings (SSSR count). The van der Waals surface area contributed by atoms with Crippen molar-refractivity contribution in [3.63, 3.8) is 0 Å². The molecule has 0 radical (unpaired) electrons. The number of nitrogens with zero attached hydrogens (tertiary/aromatic N) is 2. The highest BCUT2D eigenvalue weighted by molar-refractivity contribution is 7.13. The number of nitro groups is 1. The zero-order chi connectivity index (χ0) is 18.6. The van der Waals surface area contributed by atoms with Gasteiger partial charge in [-0.2, -0.15) is 13.2 Å². The third-order valence-corrected chi connectivity index (χ3v) is 3.63. The average molecular weight is 374 g/mol. The number of hydrogen-bond acceptors (Lipinski definition) is 6. The first-order valence-corrected chi connectivity index (χ1v) is 7.27. The molecule has 0 saturated heterocycles. The number of amides is 1. The van der Waals surface area contributed by atoms with Crippen LogP contribution >= 0.6 is 11.3 Å². The molecule has 3 N–H and O–H groups in total. The van der Waals surface area contributed by atoms with Crippen molar-refractivity contribution in [1.29, 1.82) is 0 Å². The lowest BCUT2D eigenvalue weighted by atomic mass is 10.2. The Kier molecular flexibility index (Phi) is 5.22. The first kappa shape index (κ1) is 18.2. The number of benzene rings is 1. The molecule has 1 aromatic carbocycles. The van der Waals surface area contributed by atoms with Crippen molar-refractivity contribution < 1.29 is 27.7 Å². The fourth-order valence-corrected chi connectivity index (χ4v) is 2.30. The van der Waals surface area contributed by atoms with E-state index in [9.17, 15) is 28.1 Å². The summed E-state index contributed by atoms with van der Waals surface area (Å²) in [6.07, 6.45) is -5.58. The van der Waals surface area contributed by atoms with Crippen LogP contribution in [0.25, 0.3) is 0 Å². The third kappa shape index (κ3) is 4.91. The van der Waals surface area contributed by atoms with Gasteiger partial charge in [-0.05, 0) is 24.3 Å². The summed E-state index contributed by atoms with van der Waals surface area (Å²) < 4.78 is 37.3. The molecule has 1 aromatic heterocycles. The molecular weight excluding hydrogens is 365 g/mol. The van der Waals surface area contributed by atoms with E-state index in [1.807, 2.05) is 0 Å². The Bertz CT molecular complexity index is 817. The summed E-state index contributed by atoms with van der Waals surface area (Å²) >= 11 is 0.818. The minimum atomic E-state index is -4.49. The van der Waals surface area contributed by atoms with Gasteiger partial charge in [-0.25, -0.2) is 4.79 Å². The highest BCUT2D eigenvalue weighted by Crippen LogP contribution is 2.29. The molecule has 8 nitrogen and oxygen atoms in total. The molecule has 1 heterocycles. The van der Waals surface area contributed by atoms with Crippen LogP contribution in [0.2, 0.25) is 0 Å². The Hall–Kier alpha value is -3.15. The monoisotopic (exact) mass is 374 g/mol. The molecule has 0 saturated carbocycles. The van der Waals surface area contributed by atoms with Gasteiger partial charge in [0.1, 0.15) is 0 Å². The molecule has 0 fully saturated rings. The number of hydrogen-bond donors (Lipinski definition) is 2. The second-order valence-electron chi connectivity index (χ2n) is 4.49. The van der Waals surface area contributed by atoms with Gasteiger partial charge in [0.05, 0.1) is 10.5 Å². The van der Waals surface area contributed by atoms with Crippen LogP contribution in [-0.4, -0.2) is 16.9 Å². The van der Waals surface area contributed by atoms with Gasteiger partial charge in [0.25, 0.3) is 0 Å². The Balaban J connectivity index is 1.96. The SMILES string of the molecule is N/C(=N/OC(=O)Nc1ccc(C(F)(F)F)cc1)c1csc([N+](=O)[O-])c1. The molecule has 12 heteroatoms. The van der Waals surface area contributed by atoms with E-state index in [-0.39, 0.29) is 22.1 Å². The Morgan fingerprint density at radius 2 is 1.96 bits per heavy atom. The maximum absolute atomic E-state index is 12.4. The lowest BCUT2D eigenvalue weighted by Crippen LogP contribution is -2.17. The summed E-state index contributed by atoms with van der Waals surface area (Å²) in [5, 5.41) is 17.2. The van der Waals surface area contributed by atoms with Crippen molar-refractivity contribution in [2.45, 2.75) is 6.18 Å². The maximum atomic E-state index is 12.4. The van der Waals surface area contributed by atoms with Crippen LogP contribution in [-0.2, 0) is 11.0 Å². The molecule has 0 bridgehead atoms. The fourth-order valence-electron chi connectivity index (χ4n) is 1.58. The molecule has 0 atom stereocenters. The quantitative estimate of drug-likeness (QED) is 0.279. The number of thiophene rings is 1. The van der Waals surface area contributed by atoms with Gasteiger partial charge >= 0.3 is 17.3 Å². The summed E-state index contributed by atoms with van der Waals surface area (Å²) in [5.41, 5.74) is 4.90. The first-order chi connectivity index (χ1) is 11.7. The van der Waals surface area contributed by atoms with E-state index >= 15 is 0 Å². The van der Waals surface area contributed by atoms with Crippen molar-refractivity contribution in [2.75, 3.05) is 5.32 Å². The van der Waals surface area contributed by atoms with Crippen molar-refractivity contribution in [2.24, 2.45) is 10.9 Å². The molecule has 0 aliphatic carbocycles. The second kappa shape index (κ2) is 7.17. The minimum Gasteiger partial charge on any atom is -0.380 e. The topological polar surface area (TPSA) is 120 Å². The predicted molar refractivity (Wildman–Crippen MR) is 83.2 cm³/mol. The number of anilines is 1. The minimum absolute atomic E-state index is 0.0537. The Morgan fingerprint density at radius 1 is 1.32 bits per heavy atom. The molecule has 0 aliphatic rings. The summed E-state index contributed by atoms with van der Waals surface area (Å²) in [7, 11) is 0. The van der Waals surface area contributed by atoms with E-state index < -0.39 is 22.8 Å². The number of amidine groups is 1. The van der Waals surface area contributed by atoms with E-state index in [1.165, 1.54) is 5.38 Å². The standard InChI is InChI=1S/C13H9F3N4O4S/c14-13(15,16)8-1-3-9(4-2-8)18-12(21)24-19-11(17)7-5-10(20(22)23)25-6-7/h1-6H,(H2,17,19)(H,18,21). The van der Waals surface area contributed by atoms with Crippen molar-refractivity contribution in [3.05, 3.63) is 57.0 Å². The van der Waals surface area contributed by atoms with E-state index in [0.29, 0.717) is 0 Å². The van der Waals surface area contributed by atoms with Crippen molar-refractivity contribution in [1.82, 2.24) is 0 Å². The van der Waals surface area contributed by atoms with Crippen LogP contribution in [0.3, 0.4) is 0 Å². The molecule has 1 amide bonds. The molecule has 0 unspecified atom stereocenters. The number of nitrogens with two attached hydrogens (primary N) is 1. The number of rotatable bonds is 4. The van der Waals surface area contributed by atoms with E-state index in [1.54, 1.807) is 0 Å². The third-order valence-electron chi connectivity index (χ3n) is 2.75. The lowest BCUT2D eigenvalue weighted by molar-refractivity contribution is -0.380. The van der Waals surface area contributed by atoms with E-state index in [0.717, 1.165) is 41.7 Å². The van der Waals surface area contributed by atoms with Gasteiger partial charge < -0.3 is 5.73 Å². The smallest absolute Gasteiger partial charge is 0.380 e. The van der Waals surface area contributed by atoms with Crippen LogP contribution < -0.4 is 11.1 Å². The zero-order valence-corrected chi connectivity index (χ0v) is 12.9. The fraction of sp³-hybridized carbons (Fsp3) is 0.0769. The molecule has 0 aliphatic heterocycles. The summed E-state index contributed by atoms with van der Waals surface area (Å²) in [6.45, 7) is 0. The first-order valence-electron chi connectivity index (χ1n) is 6.39. The molecule has 25 heavy (non-hydrogen) atoms. The van der Waals surface area contributed by atoms with Gasteiger partial charge in [-0.15, -0.1) is 0 Å². The predicted octanol–water partition coefficient (Wildman–Crippen LogP) is 3.54.